The lowest BCUT2D eigenvalue weighted by atomic mass is 10.6. The molecular formula is C6H7NO3. The van der Waals surface area contributed by atoms with Gasteiger partial charge in [0.25, 0.3) is 11.8 Å². The summed E-state index contributed by atoms with van der Waals surface area (Å²) in [6, 6.07) is 0. The molecule has 0 bridgehead atoms. The van der Waals surface area contributed by atoms with Crippen LogP contribution >= 0.6 is 0 Å². The number of epoxide rings is 1. The summed E-state index contributed by atoms with van der Waals surface area (Å²) >= 11 is 0. The number of hydrogen-bond acceptors (Lipinski definition) is 3. The zero-order valence-corrected chi connectivity index (χ0v) is 5.29. The topological polar surface area (TPSA) is 58.7 Å². The van der Waals surface area contributed by atoms with Crippen LogP contribution in [-0.2, 0) is 14.3 Å². The SMILES string of the molecule is C1CO1.O=C1C=CC(=O)N1. The normalized spacial score (nSPS) is 19.6. The van der Waals surface area contributed by atoms with E-state index in [2.05, 4.69) is 4.74 Å². The average Bonchev–Trinajstić information content (AvgIpc) is 2.67. The lowest BCUT2D eigenvalue weighted by Crippen LogP contribution is -2.19. The highest BCUT2D eigenvalue weighted by molar-refractivity contribution is 6.12. The van der Waals surface area contributed by atoms with E-state index in [0.717, 1.165) is 13.2 Å². The molecule has 2 rings (SSSR count). The zero-order chi connectivity index (χ0) is 7.40. The Hall–Kier alpha value is -1.16. The first kappa shape index (κ1) is 6.95. The summed E-state index contributed by atoms with van der Waals surface area (Å²) in [6.45, 7) is 2.00. The van der Waals surface area contributed by atoms with E-state index in [1.54, 1.807) is 0 Å². The third-order valence-electron chi connectivity index (χ3n) is 0.837. The summed E-state index contributed by atoms with van der Waals surface area (Å²) in [7, 11) is 0. The summed E-state index contributed by atoms with van der Waals surface area (Å²) in [4.78, 5) is 20.1. The number of amides is 2. The van der Waals surface area contributed by atoms with Gasteiger partial charge >= 0.3 is 0 Å². The van der Waals surface area contributed by atoms with Crippen molar-refractivity contribution < 1.29 is 14.3 Å². The van der Waals surface area contributed by atoms with E-state index < -0.39 is 0 Å². The predicted molar refractivity (Wildman–Crippen MR) is 33.1 cm³/mol. The lowest BCUT2D eigenvalue weighted by molar-refractivity contribution is -0.123. The fourth-order valence-electron chi connectivity index (χ4n) is 0.356. The minimum atomic E-state index is -0.329. The van der Waals surface area contributed by atoms with Gasteiger partial charge < -0.3 is 4.74 Å². The maximum atomic E-state index is 10.0. The van der Waals surface area contributed by atoms with Crippen molar-refractivity contribution in [2.24, 2.45) is 0 Å². The van der Waals surface area contributed by atoms with Gasteiger partial charge in [-0.3, -0.25) is 14.9 Å². The van der Waals surface area contributed by atoms with Crippen LogP contribution in [0.4, 0.5) is 0 Å². The number of carbonyl (C=O) groups excluding carboxylic acids is 2. The molecule has 0 aromatic carbocycles. The van der Waals surface area contributed by atoms with Crippen molar-refractivity contribution >= 4 is 11.8 Å². The van der Waals surface area contributed by atoms with Gasteiger partial charge in [-0.1, -0.05) is 0 Å². The van der Waals surface area contributed by atoms with E-state index in [4.69, 9.17) is 0 Å². The van der Waals surface area contributed by atoms with Gasteiger partial charge in [-0.15, -0.1) is 0 Å². The second kappa shape index (κ2) is 3.12. The summed E-state index contributed by atoms with van der Waals surface area (Å²) in [5.41, 5.74) is 0. The van der Waals surface area contributed by atoms with Crippen LogP contribution in [0.3, 0.4) is 0 Å². The molecule has 1 N–H and O–H groups in total. The monoisotopic (exact) mass is 141 g/mol. The van der Waals surface area contributed by atoms with Crippen LogP contribution in [0.2, 0.25) is 0 Å². The molecule has 4 nitrogen and oxygen atoms in total. The summed E-state index contributed by atoms with van der Waals surface area (Å²) < 4.78 is 4.50. The third kappa shape index (κ3) is 2.99. The molecule has 0 spiro atoms. The Kier molecular flexibility index (Phi) is 2.17. The molecule has 2 heterocycles. The average molecular weight is 141 g/mol. The summed E-state index contributed by atoms with van der Waals surface area (Å²) in [5, 5.41) is 2.03. The van der Waals surface area contributed by atoms with Crippen LogP contribution in [-0.4, -0.2) is 25.0 Å². The molecule has 0 radical (unpaired) electrons. The first-order valence-corrected chi connectivity index (χ1v) is 2.90. The van der Waals surface area contributed by atoms with Gasteiger partial charge in [0.15, 0.2) is 0 Å². The standard InChI is InChI=1S/C4H3NO2.C2H4O/c6-3-1-2-4(7)5-3;1-2-3-1/h1-2H,(H,5,6,7);1-2H2. The summed E-state index contributed by atoms with van der Waals surface area (Å²) in [5.74, 6) is -0.657. The number of imide groups is 1. The second-order valence-corrected chi connectivity index (χ2v) is 1.80. The predicted octanol–water partition coefficient (Wildman–Crippen LogP) is -0.784. The molecule has 4 heteroatoms. The maximum Gasteiger partial charge on any atom is 0.250 e. The third-order valence-corrected chi connectivity index (χ3v) is 0.837. The molecular weight excluding hydrogens is 134 g/mol. The maximum absolute atomic E-state index is 10.0. The highest BCUT2D eigenvalue weighted by Gasteiger charge is 2.06. The fourth-order valence-corrected chi connectivity index (χ4v) is 0.356. The quantitative estimate of drug-likeness (QED) is 0.355. The van der Waals surface area contributed by atoms with Gasteiger partial charge in [-0.25, -0.2) is 0 Å². The van der Waals surface area contributed by atoms with E-state index in [-0.39, 0.29) is 11.8 Å². The van der Waals surface area contributed by atoms with E-state index in [1.165, 1.54) is 12.2 Å². The number of rotatable bonds is 0. The molecule has 0 atom stereocenters. The van der Waals surface area contributed by atoms with Gasteiger partial charge in [0.05, 0.1) is 13.2 Å². The number of ether oxygens (including phenoxy) is 1. The van der Waals surface area contributed by atoms with Gasteiger partial charge in [-0.2, -0.15) is 0 Å². The largest absolute Gasteiger partial charge is 0.377 e. The van der Waals surface area contributed by atoms with Crippen molar-refractivity contribution in [1.82, 2.24) is 5.32 Å². The van der Waals surface area contributed by atoms with Crippen LogP contribution < -0.4 is 5.32 Å². The Bertz CT molecular complexity index is 165. The zero-order valence-electron chi connectivity index (χ0n) is 5.29. The van der Waals surface area contributed by atoms with E-state index in [0.29, 0.717) is 0 Å². The van der Waals surface area contributed by atoms with Crippen molar-refractivity contribution in [3.8, 4) is 0 Å². The van der Waals surface area contributed by atoms with Crippen molar-refractivity contribution in [1.29, 1.82) is 0 Å². The first-order valence-electron chi connectivity index (χ1n) is 2.90. The highest BCUT2D eigenvalue weighted by Crippen LogP contribution is 1.84. The lowest BCUT2D eigenvalue weighted by Gasteiger charge is -1.80. The minimum absolute atomic E-state index is 0.329. The Morgan fingerprint density at radius 3 is 1.70 bits per heavy atom. The molecule has 10 heavy (non-hydrogen) atoms. The van der Waals surface area contributed by atoms with E-state index >= 15 is 0 Å². The van der Waals surface area contributed by atoms with Crippen molar-refractivity contribution in [2.75, 3.05) is 13.2 Å². The highest BCUT2D eigenvalue weighted by atomic mass is 16.6. The molecule has 0 saturated carbocycles. The van der Waals surface area contributed by atoms with Crippen LogP contribution in [0, 0.1) is 0 Å². The molecule has 1 saturated heterocycles. The molecule has 0 aromatic heterocycles. The molecule has 1 fully saturated rings. The minimum Gasteiger partial charge on any atom is -0.377 e. The van der Waals surface area contributed by atoms with Crippen LogP contribution in [0.1, 0.15) is 0 Å². The van der Waals surface area contributed by atoms with Crippen LogP contribution in [0.25, 0.3) is 0 Å². The van der Waals surface area contributed by atoms with Gasteiger partial charge in [-0.05, 0) is 0 Å². The molecule has 0 aromatic rings. The van der Waals surface area contributed by atoms with E-state index in [1.807, 2.05) is 5.32 Å². The van der Waals surface area contributed by atoms with Crippen molar-refractivity contribution in [2.45, 2.75) is 0 Å². The number of hydrogen-bond donors (Lipinski definition) is 1. The van der Waals surface area contributed by atoms with Crippen molar-refractivity contribution in [3.05, 3.63) is 12.2 Å². The van der Waals surface area contributed by atoms with Crippen molar-refractivity contribution in [3.63, 3.8) is 0 Å². The van der Waals surface area contributed by atoms with Gasteiger partial charge in [0.2, 0.25) is 0 Å². The molecule has 54 valence electrons. The second-order valence-electron chi connectivity index (χ2n) is 1.80. The Balaban J connectivity index is 0.000000138. The smallest absolute Gasteiger partial charge is 0.250 e. The van der Waals surface area contributed by atoms with Crippen LogP contribution in [0.5, 0.6) is 0 Å². The van der Waals surface area contributed by atoms with E-state index in [9.17, 15) is 9.59 Å². The fraction of sp³-hybridized carbons (Fsp3) is 0.333. The van der Waals surface area contributed by atoms with Crippen LogP contribution in [0.15, 0.2) is 12.2 Å². The van der Waals surface area contributed by atoms with Gasteiger partial charge in [0.1, 0.15) is 0 Å². The molecule has 2 amide bonds. The van der Waals surface area contributed by atoms with Gasteiger partial charge in [0, 0.05) is 12.2 Å². The Morgan fingerprint density at radius 2 is 1.60 bits per heavy atom. The molecule has 2 aliphatic rings. The molecule has 0 aliphatic carbocycles. The Morgan fingerprint density at radius 1 is 1.20 bits per heavy atom. The number of nitrogens with one attached hydrogen (secondary N) is 1. The molecule has 2 aliphatic heterocycles. The molecule has 0 unspecified atom stereocenters. The Labute approximate surface area is 57.9 Å². The number of carbonyl (C=O) groups is 2. The first-order chi connectivity index (χ1) is 4.79. The summed E-state index contributed by atoms with van der Waals surface area (Å²) in [6.07, 6.45) is 2.39.